The molecule has 0 saturated carbocycles. The summed E-state index contributed by atoms with van der Waals surface area (Å²) in [6.07, 6.45) is -4.62. The van der Waals surface area contributed by atoms with E-state index in [9.17, 15) is 18.4 Å². The first-order valence-electron chi connectivity index (χ1n) is 5.97. The SMILES string of the molecule is C[C@@]1(c2ccc(N([O-])O)cc2)Nn2c(nnc2C(F)(F)F)S1. The molecule has 0 fully saturated rings. The summed E-state index contributed by atoms with van der Waals surface area (Å²) in [6, 6.07) is 5.78. The van der Waals surface area contributed by atoms with Gasteiger partial charge in [0.1, 0.15) is 4.87 Å². The van der Waals surface area contributed by atoms with E-state index in [-0.39, 0.29) is 16.1 Å². The number of nitrogens with zero attached hydrogens (tertiary/aromatic N) is 4. The Morgan fingerprint density at radius 2 is 1.95 bits per heavy atom. The Morgan fingerprint density at radius 3 is 2.50 bits per heavy atom. The van der Waals surface area contributed by atoms with E-state index in [4.69, 9.17) is 5.21 Å². The van der Waals surface area contributed by atoms with Crippen LogP contribution in [0, 0.1) is 5.21 Å². The Balaban J connectivity index is 1.92. The van der Waals surface area contributed by atoms with E-state index in [1.807, 2.05) is 0 Å². The molecule has 1 aromatic carbocycles. The van der Waals surface area contributed by atoms with Gasteiger partial charge in [-0.25, -0.2) is 4.68 Å². The van der Waals surface area contributed by atoms with Crippen molar-refractivity contribution in [2.45, 2.75) is 23.1 Å². The number of alkyl halides is 3. The van der Waals surface area contributed by atoms with Crippen LogP contribution >= 0.6 is 11.8 Å². The van der Waals surface area contributed by atoms with Gasteiger partial charge in [-0.3, -0.25) is 5.21 Å². The summed E-state index contributed by atoms with van der Waals surface area (Å²) in [6.45, 7) is 1.68. The summed E-state index contributed by atoms with van der Waals surface area (Å²) in [5, 5.41) is 26.0. The van der Waals surface area contributed by atoms with Crippen molar-refractivity contribution in [1.29, 1.82) is 0 Å². The summed E-state index contributed by atoms with van der Waals surface area (Å²) < 4.78 is 39.3. The van der Waals surface area contributed by atoms with Crippen molar-refractivity contribution < 1.29 is 18.4 Å². The van der Waals surface area contributed by atoms with Crippen LogP contribution in [0.4, 0.5) is 18.9 Å². The Labute approximate surface area is 126 Å². The molecule has 0 bridgehead atoms. The second-order valence-corrected chi connectivity index (χ2v) is 6.09. The molecule has 0 saturated heterocycles. The minimum absolute atomic E-state index is 0.0192. The van der Waals surface area contributed by atoms with E-state index >= 15 is 0 Å². The number of nitrogens with one attached hydrogen (secondary N) is 1. The fourth-order valence-electron chi connectivity index (χ4n) is 2.07. The normalized spacial score (nSPS) is 20.6. The third-order valence-corrected chi connectivity index (χ3v) is 4.33. The van der Waals surface area contributed by atoms with Crippen molar-refractivity contribution in [3.63, 3.8) is 0 Å². The molecule has 2 aromatic rings. The van der Waals surface area contributed by atoms with Gasteiger partial charge in [0.25, 0.3) is 5.82 Å². The second kappa shape index (κ2) is 4.76. The molecule has 1 aromatic heterocycles. The van der Waals surface area contributed by atoms with Gasteiger partial charge in [0.15, 0.2) is 0 Å². The van der Waals surface area contributed by atoms with Gasteiger partial charge >= 0.3 is 6.18 Å². The van der Waals surface area contributed by atoms with Gasteiger partial charge in [-0.1, -0.05) is 23.9 Å². The maximum absolute atomic E-state index is 12.8. The number of benzene rings is 1. The molecule has 118 valence electrons. The highest BCUT2D eigenvalue weighted by Crippen LogP contribution is 2.45. The van der Waals surface area contributed by atoms with Crippen molar-refractivity contribution in [2.24, 2.45) is 0 Å². The van der Waals surface area contributed by atoms with Crippen LogP contribution in [0.3, 0.4) is 0 Å². The van der Waals surface area contributed by atoms with Crippen molar-refractivity contribution >= 4 is 17.4 Å². The number of hydrogen-bond donors (Lipinski definition) is 2. The topological polar surface area (TPSA) is 89.3 Å². The highest BCUT2D eigenvalue weighted by molar-refractivity contribution is 8.00. The van der Waals surface area contributed by atoms with Gasteiger partial charge in [-0.15, -0.1) is 10.2 Å². The molecule has 1 aliphatic rings. The van der Waals surface area contributed by atoms with Crippen molar-refractivity contribution in [2.75, 3.05) is 10.7 Å². The van der Waals surface area contributed by atoms with E-state index in [1.54, 1.807) is 6.92 Å². The molecule has 0 unspecified atom stereocenters. The molecule has 3 rings (SSSR count). The number of anilines is 1. The third-order valence-electron chi connectivity index (χ3n) is 3.15. The van der Waals surface area contributed by atoms with Crippen molar-refractivity contribution in [1.82, 2.24) is 14.9 Å². The second-order valence-electron chi connectivity index (χ2n) is 4.71. The monoisotopic (exact) mass is 332 g/mol. The smallest absolute Gasteiger partial charge is 0.453 e. The molecule has 2 heterocycles. The lowest BCUT2D eigenvalue weighted by molar-refractivity contribution is -0.147. The lowest BCUT2D eigenvalue weighted by Gasteiger charge is -2.26. The highest BCUT2D eigenvalue weighted by atomic mass is 32.2. The Morgan fingerprint density at radius 1 is 1.32 bits per heavy atom. The first kappa shape index (κ1) is 14.9. The molecule has 7 nitrogen and oxygen atoms in total. The summed E-state index contributed by atoms with van der Waals surface area (Å²) in [5.41, 5.74) is 3.34. The van der Waals surface area contributed by atoms with Crippen LogP contribution in [0.1, 0.15) is 18.3 Å². The molecule has 2 N–H and O–H groups in total. The minimum Gasteiger partial charge on any atom is -0.733 e. The number of thioether (sulfide) groups is 1. The van der Waals surface area contributed by atoms with Crippen LogP contribution in [-0.4, -0.2) is 20.1 Å². The zero-order valence-electron chi connectivity index (χ0n) is 11.0. The van der Waals surface area contributed by atoms with Crippen LogP contribution < -0.4 is 10.7 Å². The quantitative estimate of drug-likeness (QED) is 0.817. The summed E-state index contributed by atoms with van der Waals surface area (Å²) >= 11 is 1.07. The van der Waals surface area contributed by atoms with Crippen molar-refractivity contribution in [3.8, 4) is 0 Å². The van der Waals surface area contributed by atoms with Gasteiger partial charge in [-0.2, -0.15) is 13.2 Å². The standard InChI is InChI=1S/C11H9F3N5O2S/c1-10(6-2-4-7(5-3-6)19(20)21)17-18-8(11(12,13)14)15-16-9(18)22-10/h2-5,17,20H,1H3/q-1/t10-/m1/s1. The lowest BCUT2D eigenvalue weighted by atomic mass is 10.1. The number of halogens is 3. The third kappa shape index (κ3) is 2.36. The first-order chi connectivity index (χ1) is 10.2. The van der Waals surface area contributed by atoms with E-state index in [0.717, 1.165) is 16.4 Å². The van der Waals surface area contributed by atoms with Gasteiger partial charge < -0.3 is 15.9 Å². The van der Waals surface area contributed by atoms with E-state index in [2.05, 4.69) is 15.6 Å². The van der Waals surface area contributed by atoms with Gasteiger partial charge in [0, 0.05) is 0 Å². The number of fused-ring (bicyclic) bond motifs is 1. The fraction of sp³-hybridized carbons (Fsp3) is 0.273. The van der Waals surface area contributed by atoms with E-state index in [0.29, 0.717) is 5.56 Å². The molecular formula is C11H9F3N5O2S-. The van der Waals surface area contributed by atoms with Crippen molar-refractivity contribution in [3.05, 3.63) is 40.9 Å². The van der Waals surface area contributed by atoms with Crippen LogP contribution in [0.15, 0.2) is 29.4 Å². The number of hydrogen-bond acceptors (Lipinski definition) is 7. The van der Waals surface area contributed by atoms with Gasteiger partial charge in [-0.05, 0) is 24.6 Å². The average molecular weight is 332 g/mol. The largest absolute Gasteiger partial charge is 0.733 e. The Bertz CT molecular complexity index is 703. The fourth-order valence-corrected chi connectivity index (χ4v) is 3.13. The molecule has 1 aliphatic heterocycles. The van der Waals surface area contributed by atoms with Crippen LogP contribution in [0.2, 0.25) is 0 Å². The maximum Gasteiger partial charge on any atom is 0.453 e. The van der Waals surface area contributed by atoms with Crippen LogP contribution in [-0.2, 0) is 11.0 Å². The molecule has 0 amide bonds. The summed E-state index contributed by atoms with van der Waals surface area (Å²) in [5.74, 6) is -1.13. The van der Waals surface area contributed by atoms with Crippen LogP contribution in [0.25, 0.3) is 0 Å². The maximum atomic E-state index is 12.8. The van der Waals surface area contributed by atoms with Gasteiger partial charge in [0.05, 0.1) is 5.69 Å². The minimum atomic E-state index is -4.62. The molecular weight excluding hydrogens is 323 g/mol. The van der Waals surface area contributed by atoms with E-state index < -0.39 is 16.9 Å². The Hall–Kier alpha value is -1.98. The predicted molar refractivity (Wildman–Crippen MR) is 71.7 cm³/mol. The molecule has 22 heavy (non-hydrogen) atoms. The molecule has 0 aliphatic carbocycles. The number of rotatable bonds is 2. The van der Waals surface area contributed by atoms with E-state index in [1.165, 1.54) is 24.3 Å². The molecule has 0 radical (unpaired) electrons. The molecule has 11 heteroatoms. The summed E-state index contributed by atoms with van der Waals surface area (Å²) in [7, 11) is 0. The molecule has 0 spiro atoms. The zero-order valence-corrected chi connectivity index (χ0v) is 11.8. The highest BCUT2D eigenvalue weighted by Gasteiger charge is 2.45. The first-order valence-corrected chi connectivity index (χ1v) is 6.79. The average Bonchev–Trinajstić information content (AvgIpc) is 2.94. The van der Waals surface area contributed by atoms with Crippen LogP contribution in [0.5, 0.6) is 0 Å². The zero-order chi connectivity index (χ0) is 16.1. The lowest BCUT2D eigenvalue weighted by Crippen LogP contribution is -2.32. The molecule has 1 atom stereocenters. The number of aromatic nitrogens is 3. The Kier molecular flexibility index (Phi) is 3.23. The van der Waals surface area contributed by atoms with Gasteiger partial charge in [0.2, 0.25) is 5.16 Å². The predicted octanol–water partition coefficient (Wildman–Crippen LogP) is 2.51. The summed E-state index contributed by atoms with van der Waals surface area (Å²) in [4.78, 5) is -0.910.